The molecule has 2 aromatic carbocycles. The van der Waals surface area contributed by atoms with E-state index in [2.05, 4.69) is 10.3 Å². The maximum absolute atomic E-state index is 10.6. The predicted octanol–water partition coefficient (Wildman–Crippen LogP) is 2.30. The Labute approximate surface area is 104 Å². The molecule has 0 spiro atoms. The van der Waals surface area contributed by atoms with Crippen molar-refractivity contribution in [3.05, 3.63) is 48.5 Å². The molecule has 1 heterocycles. The van der Waals surface area contributed by atoms with Crippen LogP contribution in [0.2, 0.25) is 0 Å². The topological polar surface area (TPSA) is 47.8 Å². The smallest absolute Gasteiger partial charge is 0.141 e. The van der Waals surface area contributed by atoms with Crippen LogP contribution in [0.5, 0.6) is 0 Å². The first-order valence-corrected chi connectivity index (χ1v) is 5.71. The van der Waals surface area contributed by atoms with E-state index in [4.69, 9.17) is 0 Å². The summed E-state index contributed by atoms with van der Waals surface area (Å²) >= 11 is 0. The van der Waals surface area contributed by atoms with Gasteiger partial charge in [0.05, 0.1) is 12.1 Å². The van der Waals surface area contributed by atoms with Crippen molar-refractivity contribution in [2.24, 2.45) is 0 Å². The molecule has 0 saturated heterocycles. The lowest BCUT2D eigenvalue weighted by molar-refractivity contribution is -0.108. The van der Waals surface area contributed by atoms with E-state index in [0.29, 0.717) is 0 Å². The molecule has 0 N–H and O–H groups in total. The molecule has 4 nitrogen and oxygen atoms in total. The predicted molar refractivity (Wildman–Crippen MR) is 69.0 cm³/mol. The SMILES string of the molecule is O=CCn1nnc2c(-c3ccccc3)cccc21. The van der Waals surface area contributed by atoms with E-state index in [1.807, 2.05) is 48.5 Å². The molecule has 0 fully saturated rings. The third-order valence-corrected chi connectivity index (χ3v) is 2.88. The van der Waals surface area contributed by atoms with E-state index in [0.717, 1.165) is 28.4 Å². The fraction of sp³-hybridized carbons (Fsp3) is 0.0714. The number of carbonyl (C=O) groups is 1. The van der Waals surface area contributed by atoms with E-state index in [1.165, 1.54) is 0 Å². The zero-order chi connectivity index (χ0) is 12.4. The molecule has 0 unspecified atom stereocenters. The highest BCUT2D eigenvalue weighted by molar-refractivity contribution is 5.91. The van der Waals surface area contributed by atoms with Crippen LogP contribution in [0.15, 0.2) is 48.5 Å². The number of hydrogen-bond acceptors (Lipinski definition) is 3. The molecule has 0 radical (unpaired) electrons. The first-order valence-electron chi connectivity index (χ1n) is 5.71. The van der Waals surface area contributed by atoms with Crippen molar-refractivity contribution < 1.29 is 4.79 Å². The minimum atomic E-state index is 0.231. The van der Waals surface area contributed by atoms with Crippen LogP contribution in [0.25, 0.3) is 22.2 Å². The summed E-state index contributed by atoms with van der Waals surface area (Å²) in [4.78, 5) is 10.6. The van der Waals surface area contributed by atoms with Crippen LogP contribution in [0.4, 0.5) is 0 Å². The maximum atomic E-state index is 10.6. The van der Waals surface area contributed by atoms with E-state index < -0.39 is 0 Å². The number of aromatic nitrogens is 3. The maximum Gasteiger partial charge on any atom is 0.141 e. The molecule has 0 aliphatic carbocycles. The Bertz CT molecular complexity index is 689. The summed E-state index contributed by atoms with van der Waals surface area (Å²) in [7, 11) is 0. The molecule has 0 aliphatic heterocycles. The Morgan fingerprint density at radius 1 is 1.06 bits per heavy atom. The number of carbonyl (C=O) groups excluding carboxylic acids is 1. The first kappa shape index (κ1) is 10.7. The van der Waals surface area contributed by atoms with Gasteiger partial charge in [0.25, 0.3) is 0 Å². The molecular weight excluding hydrogens is 226 g/mol. The van der Waals surface area contributed by atoms with Gasteiger partial charge in [0, 0.05) is 5.56 Å². The molecule has 88 valence electrons. The third kappa shape index (κ3) is 1.68. The van der Waals surface area contributed by atoms with Crippen LogP contribution in [0.1, 0.15) is 0 Å². The second-order valence-corrected chi connectivity index (χ2v) is 3.98. The Kier molecular flexibility index (Phi) is 2.61. The quantitative estimate of drug-likeness (QED) is 0.657. The number of hydrogen-bond donors (Lipinski definition) is 0. The molecular formula is C14H11N3O. The minimum absolute atomic E-state index is 0.231. The van der Waals surface area contributed by atoms with Crippen molar-refractivity contribution in [1.29, 1.82) is 0 Å². The highest BCUT2D eigenvalue weighted by Gasteiger charge is 2.09. The summed E-state index contributed by atoms with van der Waals surface area (Å²) in [5.41, 5.74) is 3.83. The highest BCUT2D eigenvalue weighted by atomic mass is 16.1. The van der Waals surface area contributed by atoms with Crippen LogP contribution in [0.3, 0.4) is 0 Å². The molecule has 0 aliphatic rings. The lowest BCUT2D eigenvalue weighted by atomic mass is 10.0. The van der Waals surface area contributed by atoms with Gasteiger partial charge in [-0.05, 0) is 11.6 Å². The normalized spacial score (nSPS) is 10.7. The fourth-order valence-corrected chi connectivity index (χ4v) is 2.05. The van der Waals surface area contributed by atoms with Gasteiger partial charge in [-0.3, -0.25) is 0 Å². The summed E-state index contributed by atoms with van der Waals surface area (Å²) in [5, 5.41) is 8.17. The Morgan fingerprint density at radius 3 is 2.67 bits per heavy atom. The average molecular weight is 237 g/mol. The van der Waals surface area contributed by atoms with Gasteiger partial charge in [-0.25, -0.2) is 4.68 Å². The third-order valence-electron chi connectivity index (χ3n) is 2.88. The van der Waals surface area contributed by atoms with Gasteiger partial charge in [-0.1, -0.05) is 47.7 Å². The van der Waals surface area contributed by atoms with Crippen LogP contribution >= 0.6 is 0 Å². The summed E-state index contributed by atoms with van der Waals surface area (Å²) in [6.07, 6.45) is 0.823. The number of nitrogens with zero attached hydrogens (tertiary/aromatic N) is 3. The molecule has 3 rings (SSSR count). The largest absolute Gasteiger partial charge is 0.301 e. The van der Waals surface area contributed by atoms with Gasteiger partial charge < -0.3 is 4.79 Å². The number of rotatable bonds is 3. The second kappa shape index (κ2) is 4.41. The zero-order valence-electron chi connectivity index (χ0n) is 9.65. The van der Waals surface area contributed by atoms with Gasteiger partial charge in [0.2, 0.25) is 0 Å². The van der Waals surface area contributed by atoms with Gasteiger partial charge in [-0.2, -0.15) is 0 Å². The highest BCUT2D eigenvalue weighted by Crippen LogP contribution is 2.26. The lowest BCUT2D eigenvalue weighted by Gasteiger charge is -2.02. The molecule has 0 bridgehead atoms. The van der Waals surface area contributed by atoms with Crippen molar-refractivity contribution in [1.82, 2.24) is 15.0 Å². The van der Waals surface area contributed by atoms with Gasteiger partial charge in [0.15, 0.2) is 0 Å². The number of fused-ring (bicyclic) bond motifs is 1. The van der Waals surface area contributed by atoms with Gasteiger partial charge >= 0.3 is 0 Å². The van der Waals surface area contributed by atoms with Crippen LogP contribution in [0, 0.1) is 0 Å². The Hall–Kier alpha value is -2.49. The molecule has 4 heteroatoms. The summed E-state index contributed by atoms with van der Waals surface area (Å²) in [6.45, 7) is 0.231. The van der Waals surface area contributed by atoms with E-state index in [-0.39, 0.29) is 6.54 Å². The van der Waals surface area contributed by atoms with E-state index in [9.17, 15) is 4.79 Å². The lowest BCUT2D eigenvalue weighted by Crippen LogP contribution is -2.00. The van der Waals surface area contributed by atoms with Crippen molar-refractivity contribution in [3.8, 4) is 11.1 Å². The summed E-state index contributed by atoms with van der Waals surface area (Å²) in [6, 6.07) is 15.9. The standard InChI is InChI=1S/C14H11N3O/c18-10-9-17-13-8-4-7-12(14(13)15-16-17)11-5-2-1-3-6-11/h1-8,10H,9H2. The van der Waals surface area contributed by atoms with Crippen molar-refractivity contribution in [3.63, 3.8) is 0 Å². The molecule has 18 heavy (non-hydrogen) atoms. The summed E-state index contributed by atoms with van der Waals surface area (Å²) < 4.78 is 1.61. The van der Waals surface area contributed by atoms with Crippen LogP contribution in [-0.4, -0.2) is 21.3 Å². The Morgan fingerprint density at radius 2 is 1.89 bits per heavy atom. The Balaban J connectivity index is 2.22. The molecule has 0 amide bonds. The second-order valence-electron chi connectivity index (χ2n) is 3.98. The van der Waals surface area contributed by atoms with Crippen LogP contribution < -0.4 is 0 Å². The first-order chi connectivity index (χ1) is 8.90. The van der Waals surface area contributed by atoms with E-state index in [1.54, 1.807) is 4.68 Å². The number of benzene rings is 2. The van der Waals surface area contributed by atoms with Crippen molar-refractivity contribution >= 4 is 17.3 Å². The molecule has 1 aromatic heterocycles. The molecule has 3 aromatic rings. The molecule has 0 atom stereocenters. The van der Waals surface area contributed by atoms with Gasteiger partial charge in [0.1, 0.15) is 11.8 Å². The fourth-order valence-electron chi connectivity index (χ4n) is 2.05. The minimum Gasteiger partial charge on any atom is -0.301 e. The average Bonchev–Trinajstić information content (AvgIpc) is 2.84. The molecule has 0 saturated carbocycles. The monoisotopic (exact) mass is 237 g/mol. The van der Waals surface area contributed by atoms with Crippen LogP contribution in [-0.2, 0) is 11.3 Å². The van der Waals surface area contributed by atoms with E-state index >= 15 is 0 Å². The number of aldehydes is 1. The summed E-state index contributed by atoms with van der Waals surface area (Å²) in [5.74, 6) is 0. The van der Waals surface area contributed by atoms with Crippen molar-refractivity contribution in [2.75, 3.05) is 0 Å². The zero-order valence-corrected chi connectivity index (χ0v) is 9.65. The van der Waals surface area contributed by atoms with Crippen molar-refractivity contribution in [2.45, 2.75) is 6.54 Å². The van der Waals surface area contributed by atoms with Gasteiger partial charge in [-0.15, -0.1) is 5.10 Å².